The van der Waals surface area contributed by atoms with Crippen LogP contribution in [-0.2, 0) is 9.53 Å². The molecule has 3 fully saturated rings. The normalized spacial score (nSPS) is 35.0. The molecule has 3 aliphatic rings. The minimum Gasteiger partial charge on any atom is -0.377 e. The van der Waals surface area contributed by atoms with E-state index in [1.807, 2.05) is 4.90 Å². The number of amides is 1. The van der Waals surface area contributed by atoms with Gasteiger partial charge in [-0.2, -0.15) is 0 Å². The summed E-state index contributed by atoms with van der Waals surface area (Å²) < 4.78 is 5.90. The van der Waals surface area contributed by atoms with Gasteiger partial charge >= 0.3 is 0 Å². The van der Waals surface area contributed by atoms with Crippen molar-refractivity contribution in [3.63, 3.8) is 0 Å². The fourth-order valence-corrected chi connectivity index (χ4v) is 4.28. The highest BCUT2D eigenvalue weighted by Crippen LogP contribution is 2.24. The minimum atomic E-state index is 0.218. The van der Waals surface area contributed by atoms with Crippen molar-refractivity contribution in [1.82, 2.24) is 14.7 Å². The van der Waals surface area contributed by atoms with Crippen LogP contribution in [0.4, 0.5) is 0 Å². The van der Waals surface area contributed by atoms with Gasteiger partial charge < -0.3 is 9.64 Å². The van der Waals surface area contributed by atoms with E-state index in [0.717, 1.165) is 39.3 Å². The standard InChI is InChI=1S/C17H31N3O2/c1-14-11-18(12-16-5-3-4-10-22-16)13-17(14)20-8-6-19(7-9-20)15(2)21/h14,16-17H,3-13H2,1-2H3/t14-,16-,17-/m1/s1. The zero-order valence-corrected chi connectivity index (χ0v) is 14.2. The molecule has 0 saturated carbocycles. The highest BCUT2D eigenvalue weighted by Gasteiger charge is 2.36. The Hall–Kier alpha value is -0.650. The zero-order chi connectivity index (χ0) is 15.5. The predicted molar refractivity (Wildman–Crippen MR) is 86.8 cm³/mol. The Morgan fingerprint density at radius 1 is 1.14 bits per heavy atom. The molecule has 126 valence electrons. The molecule has 3 aliphatic heterocycles. The summed E-state index contributed by atoms with van der Waals surface area (Å²) in [6.45, 7) is 12.3. The second kappa shape index (κ2) is 7.28. The highest BCUT2D eigenvalue weighted by molar-refractivity contribution is 5.73. The van der Waals surface area contributed by atoms with E-state index in [2.05, 4.69) is 16.7 Å². The number of likely N-dealkylation sites (tertiary alicyclic amines) is 1. The van der Waals surface area contributed by atoms with Gasteiger partial charge in [-0.1, -0.05) is 6.92 Å². The molecule has 0 aromatic heterocycles. The van der Waals surface area contributed by atoms with Crippen LogP contribution in [0.5, 0.6) is 0 Å². The summed E-state index contributed by atoms with van der Waals surface area (Å²) in [5, 5.41) is 0. The number of hydrogen-bond acceptors (Lipinski definition) is 4. The maximum Gasteiger partial charge on any atom is 0.219 e. The van der Waals surface area contributed by atoms with Gasteiger partial charge in [0.25, 0.3) is 0 Å². The third kappa shape index (κ3) is 3.81. The average molecular weight is 309 g/mol. The van der Waals surface area contributed by atoms with E-state index in [4.69, 9.17) is 4.74 Å². The molecule has 5 heteroatoms. The van der Waals surface area contributed by atoms with E-state index in [9.17, 15) is 4.79 Å². The topological polar surface area (TPSA) is 36.0 Å². The number of nitrogens with zero attached hydrogens (tertiary/aromatic N) is 3. The van der Waals surface area contributed by atoms with Gasteiger partial charge in [-0.05, 0) is 25.2 Å². The number of ether oxygens (including phenoxy) is 1. The first kappa shape index (κ1) is 16.2. The van der Waals surface area contributed by atoms with Crippen LogP contribution < -0.4 is 0 Å². The molecule has 3 rings (SSSR count). The molecule has 0 aliphatic carbocycles. The van der Waals surface area contributed by atoms with Crippen molar-refractivity contribution in [2.24, 2.45) is 5.92 Å². The lowest BCUT2D eigenvalue weighted by Crippen LogP contribution is -2.53. The van der Waals surface area contributed by atoms with E-state index >= 15 is 0 Å². The highest BCUT2D eigenvalue weighted by atomic mass is 16.5. The van der Waals surface area contributed by atoms with E-state index in [1.165, 1.54) is 32.4 Å². The molecule has 0 aromatic carbocycles. The third-order valence-electron chi connectivity index (χ3n) is 5.61. The molecule has 0 spiro atoms. The molecular formula is C17H31N3O2. The first-order chi connectivity index (χ1) is 10.6. The van der Waals surface area contributed by atoms with E-state index in [1.54, 1.807) is 6.92 Å². The Bertz CT molecular complexity index is 376. The zero-order valence-electron chi connectivity index (χ0n) is 14.2. The summed E-state index contributed by atoms with van der Waals surface area (Å²) >= 11 is 0. The van der Waals surface area contributed by atoms with E-state index in [-0.39, 0.29) is 5.91 Å². The van der Waals surface area contributed by atoms with Gasteiger partial charge in [0.05, 0.1) is 6.10 Å². The van der Waals surface area contributed by atoms with Crippen LogP contribution in [0.25, 0.3) is 0 Å². The van der Waals surface area contributed by atoms with E-state index in [0.29, 0.717) is 18.1 Å². The number of carbonyl (C=O) groups excluding carboxylic acids is 1. The van der Waals surface area contributed by atoms with Crippen molar-refractivity contribution >= 4 is 5.91 Å². The third-order valence-corrected chi connectivity index (χ3v) is 5.61. The first-order valence-corrected chi connectivity index (χ1v) is 8.97. The minimum absolute atomic E-state index is 0.218. The Labute approximate surface area is 134 Å². The number of rotatable bonds is 3. The van der Waals surface area contributed by atoms with Gasteiger partial charge in [-0.3, -0.25) is 14.6 Å². The molecule has 0 radical (unpaired) electrons. The van der Waals surface area contributed by atoms with Crippen LogP contribution in [0.2, 0.25) is 0 Å². The van der Waals surface area contributed by atoms with Crippen LogP contribution in [0, 0.1) is 5.92 Å². The fourth-order valence-electron chi connectivity index (χ4n) is 4.28. The van der Waals surface area contributed by atoms with Crippen LogP contribution >= 0.6 is 0 Å². The second-order valence-corrected chi connectivity index (χ2v) is 7.29. The monoisotopic (exact) mass is 309 g/mol. The Balaban J connectivity index is 1.47. The van der Waals surface area contributed by atoms with Crippen molar-refractivity contribution in [3.8, 4) is 0 Å². The van der Waals surface area contributed by atoms with Gasteiger partial charge in [0, 0.05) is 65.4 Å². The maximum absolute atomic E-state index is 11.4. The van der Waals surface area contributed by atoms with Gasteiger partial charge in [-0.15, -0.1) is 0 Å². The Kier molecular flexibility index (Phi) is 5.37. The quantitative estimate of drug-likeness (QED) is 0.780. The smallest absolute Gasteiger partial charge is 0.219 e. The van der Waals surface area contributed by atoms with Gasteiger partial charge in [0.2, 0.25) is 5.91 Å². The van der Waals surface area contributed by atoms with Crippen molar-refractivity contribution in [1.29, 1.82) is 0 Å². The molecule has 5 nitrogen and oxygen atoms in total. The largest absolute Gasteiger partial charge is 0.377 e. The molecule has 0 aromatic rings. The fraction of sp³-hybridized carbons (Fsp3) is 0.941. The van der Waals surface area contributed by atoms with Gasteiger partial charge in [0.15, 0.2) is 0 Å². The summed E-state index contributed by atoms with van der Waals surface area (Å²) in [6.07, 6.45) is 4.24. The summed E-state index contributed by atoms with van der Waals surface area (Å²) in [5.74, 6) is 0.933. The van der Waals surface area contributed by atoms with Crippen molar-refractivity contribution in [2.45, 2.75) is 45.3 Å². The van der Waals surface area contributed by atoms with E-state index < -0.39 is 0 Å². The molecule has 3 saturated heterocycles. The van der Waals surface area contributed by atoms with Crippen LogP contribution in [0.3, 0.4) is 0 Å². The Morgan fingerprint density at radius 3 is 2.55 bits per heavy atom. The van der Waals surface area contributed by atoms with Gasteiger partial charge in [0.1, 0.15) is 0 Å². The lowest BCUT2D eigenvalue weighted by Gasteiger charge is -2.39. The molecular weight excluding hydrogens is 278 g/mol. The van der Waals surface area contributed by atoms with Gasteiger partial charge in [-0.25, -0.2) is 0 Å². The Morgan fingerprint density at radius 2 is 1.91 bits per heavy atom. The van der Waals surface area contributed by atoms with Crippen LogP contribution in [0.1, 0.15) is 33.1 Å². The van der Waals surface area contributed by atoms with Crippen molar-refractivity contribution < 1.29 is 9.53 Å². The predicted octanol–water partition coefficient (Wildman–Crippen LogP) is 1.04. The number of piperazine rings is 1. The van der Waals surface area contributed by atoms with Crippen molar-refractivity contribution in [3.05, 3.63) is 0 Å². The van der Waals surface area contributed by atoms with Crippen LogP contribution in [0.15, 0.2) is 0 Å². The lowest BCUT2D eigenvalue weighted by atomic mass is 10.0. The second-order valence-electron chi connectivity index (χ2n) is 7.29. The molecule has 1 amide bonds. The summed E-state index contributed by atoms with van der Waals surface area (Å²) in [7, 11) is 0. The summed E-state index contributed by atoms with van der Waals surface area (Å²) in [4.78, 5) is 18.6. The number of carbonyl (C=O) groups is 1. The van der Waals surface area contributed by atoms with Crippen LogP contribution in [-0.4, -0.2) is 85.2 Å². The molecule has 0 unspecified atom stereocenters. The lowest BCUT2D eigenvalue weighted by molar-refractivity contribution is -0.130. The molecule has 3 atom stereocenters. The molecule has 0 N–H and O–H groups in total. The first-order valence-electron chi connectivity index (χ1n) is 8.97. The molecule has 0 bridgehead atoms. The summed E-state index contributed by atoms with van der Waals surface area (Å²) in [6, 6.07) is 0.651. The number of hydrogen-bond donors (Lipinski definition) is 0. The molecule has 22 heavy (non-hydrogen) atoms. The maximum atomic E-state index is 11.4. The summed E-state index contributed by atoms with van der Waals surface area (Å²) in [5.41, 5.74) is 0. The SMILES string of the molecule is CC(=O)N1CCN([C@@H]2CN(C[C@H]3CCCCO3)C[C@H]2C)CC1. The molecule has 3 heterocycles. The average Bonchev–Trinajstić information content (AvgIpc) is 2.89. The van der Waals surface area contributed by atoms with Crippen molar-refractivity contribution in [2.75, 3.05) is 52.4 Å².